The molecule has 2 N–H and O–H groups in total. The molecule has 1 atom stereocenters. The lowest BCUT2D eigenvalue weighted by atomic mass is 9.84. The molecule has 0 bridgehead atoms. The average molecular weight is 331 g/mol. The van der Waals surface area contributed by atoms with Crippen LogP contribution in [0.5, 0.6) is 0 Å². The van der Waals surface area contributed by atoms with Gasteiger partial charge in [-0.15, -0.1) is 0 Å². The van der Waals surface area contributed by atoms with E-state index < -0.39 is 0 Å². The van der Waals surface area contributed by atoms with E-state index in [1.807, 2.05) is 24.3 Å². The van der Waals surface area contributed by atoms with Gasteiger partial charge in [-0.2, -0.15) is 0 Å². The molecule has 0 radical (unpaired) electrons. The van der Waals surface area contributed by atoms with E-state index >= 15 is 0 Å². The lowest BCUT2D eigenvalue weighted by Crippen LogP contribution is -2.23. The van der Waals surface area contributed by atoms with Crippen LogP contribution in [0.1, 0.15) is 43.4 Å². The number of hydrogen-bond donors (Lipinski definition) is 1. The smallest absolute Gasteiger partial charge is 0.225 e. The summed E-state index contributed by atoms with van der Waals surface area (Å²) < 4.78 is 0. The zero-order valence-electron chi connectivity index (χ0n) is 15.1. The van der Waals surface area contributed by atoms with Crippen molar-refractivity contribution in [1.82, 2.24) is 0 Å². The third kappa shape index (κ3) is 3.74. The Morgan fingerprint density at radius 2 is 1.56 bits per heavy atom. The van der Waals surface area contributed by atoms with Crippen molar-refractivity contribution >= 4 is 16.7 Å². The molecule has 0 spiro atoms. The quantitative estimate of drug-likeness (QED) is 0.722. The van der Waals surface area contributed by atoms with Crippen LogP contribution >= 0.6 is 0 Å². The molecule has 0 heterocycles. The van der Waals surface area contributed by atoms with Crippen LogP contribution in [0.2, 0.25) is 0 Å². The first-order valence-corrected chi connectivity index (χ1v) is 8.72. The molecule has 0 saturated carbocycles. The van der Waals surface area contributed by atoms with E-state index in [2.05, 4.69) is 63.2 Å². The van der Waals surface area contributed by atoms with E-state index in [1.165, 1.54) is 5.56 Å². The van der Waals surface area contributed by atoms with Gasteiger partial charge in [0.1, 0.15) is 0 Å². The van der Waals surface area contributed by atoms with Gasteiger partial charge in [0.15, 0.2) is 0 Å². The van der Waals surface area contributed by atoms with Crippen LogP contribution in [0.3, 0.4) is 0 Å². The largest absolute Gasteiger partial charge is 0.369 e. The number of hydrogen-bond acceptors (Lipinski definition) is 1. The zero-order valence-corrected chi connectivity index (χ0v) is 15.1. The Labute approximate surface area is 149 Å². The van der Waals surface area contributed by atoms with Gasteiger partial charge >= 0.3 is 0 Å². The summed E-state index contributed by atoms with van der Waals surface area (Å²) in [5.41, 5.74) is 9.31. The number of carbonyl (C=O) groups excluding carboxylic acids is 1. The molecule has 25 heavy (non-hydrogen) atoms. The number of nitrogens with two attached hydrogens (primary N) is 1. The minimum absolute atomic E-state index is 0.122. The molecule has 0 aliphatic heterocycles. The Bertz CT molecular complexity index is 883. The number of benzene rings is 3. The third-order valence-electron chi connectivity index (χ3n) is 4.80. The summed E-state index contributed by atoms with van der Waals surface area (Å²) in [7, 11) is 0. The van der Waals surface area contributed by atoms with Crippen molar-refractivity contribution in [2.75, 3.05) is 0 Å². The normalized spacial score (nSPS) is 12.9. The highest BCUT2D eigenvalue weighted by Crippen LogP contribution is 2.29. The Morgan fingerprint density at radius 3 is 2.20 bits per heavy atom. The molecule has 0 aromatic heterocycles. The summed E-state index contributed by atoms with van der Waals surface area (Å²) >= 11 is 0. The van der Waals surface area contributed by atoms with Crippen molar-refractivity contribution in [3.8, 4) is 0 Å². The van der Waals surface area contributed by atoms with Crippen LogP contribution in [0.25, 0.3) is 10.8 Å². The molecule has 128 valence electrons. The topological polar surface area (TPSA) is 43.1 Å². The van der Waals surface area contributed by atoms with E-state index in [0.29, 0.717) is 6.42 Å². The van der Waals surface area contributed by atoms with Gasteiger partial charge in [0.05, 0.1) is 5.92 Å². The van der Waals surface area contributed by atoms with E-state index in [4.69, 9.17) is 5.73 Å². The number of carbonyl (C=O) groups is 1. The van der Waals surface area contributed by atoms with Crippen molar-refractivity contribution in [1.29, 1.82) is 0 Å². The van der Waals surface area contributed by atoms with Crippen molar-refractivity contribution in [2.45, 2.75) is 38.5 Å². The molecule has 3 rings (SSSR count). The fraction of sp³-hybridized carbons (Fsp3) is 0.261. The highest BCUT2D eigenvalue weighted by Gasteiger charge is 2.21. The molecule has 2 heteroatoms. The second kappa shape index (κ2) is 6.72. The maximum atomic E-state index is 12.2. The molecule has 0 saturated heterocycles. The molecule has 1 unspecified atom stereocenters. The number of primary amides is 1. The Balaban J connectivity index is 1.96. The summed E-state index contributed by atoms with van der Waals surface area (Å²) in [5, 5.41) is 2.23. The SMILES string of the molecule is CC(C)(C)c1ccc(CC(C(N)=O)c2cccc3ccccc23)cc1. The van der Waals surface area contributed by atoms with Crippen molar-refractivity contribution < 1.29 is 4.79 Å². The molecular formula is C23H25NO. The molecule has 0 aliphatic carbocycles. The summed E-state index contributed by atoms with van der Waals surface area (Å²) in [4.78, 5) is 12.2. The molecular weight excluding hydrogens is 306 g/mol. The minimum atomic E-state index is -0.327. The minimum Gasteiger partial charge on any atom is -0.369 e. The van der Waals surface area contributed by atoms with Crippen molar-refractivity contribution in [2.24, 2.45) is 5.73 Å². The molecule has 3 aromatic rings. The Morgan fingerprint density at radius 1 is 0.920 bits per heavy atom. The Hall–Kier alpha value is -2.61. The molecule has 0 fully saturated rings. The Kier molecular flexibility index (Phi) is 4.63. The van der Waals surface area contributed by atoms with E-state index in [0.717, 1.165) is 21.9 Å². The zero-order chi connectivity index (χ0) is 18.0. The molecule has 0 aliphatic rings. The van der Waals surface area contributed by atoms with E-state index in [9.17, 15) is 4.79 Å². The van der Waals surface area contributed by atoms with Gasteiger partial charge in [-0.3, -0.25) is 4.79 Å². The van der Waals surface area contributed by atoms with Gasteiger partial charge in [-0.05, 0) is 39.3 Å². The monoisotopic (exact) mass is 331 g/mol. The van der Waals surface area contributed by atoms with Crippen LogP contribution < -0.4 is 5.73 Å². The van der Waals surface area contributed by atoms with E-state index in [-0.39, 0.29) is 17.2 Å². The first-order chi connectivity index (χ1) is 11.9. The third-order valence-corrected chi connectivity index (χ3v) is 4.80. The summed E-state index contributed by atoms with van der Waals surface area (Å²) in [6, 6.07) is 22.7. The number of fused-ring (bicyclic) bond motifs is 1. The summed E-state index contributed by atoms with van der Waals surface area (Å²) in [5.74, 6) is -0.608. The first-order valence-electron chi connectivity index (χ1n) is 8.72. The van der Waals surface area contributed by atoms with Crippen LogP contribution in [-0.2, 0) is 16.6 Å². The maximum Gasteiger partial charge on any atom is 0.225 e. The van der Waals surface area contributed by atoms with E-state index in [1.54, 1.807) is 0 Å². The molecule has 1 amide bonds. The first kappa shape index (κ1) is 17.2. The highest BCUT2D eigenvalue weighted by atomic mass is 16.1. The van der Waals surface area contributed by atoms with Crippen LogP contribution in [0.15, 0.2) is 66.7 Å². The van der Waals surface area contributed by atoms with Crippen LogP contribution in [0.4, 0.5) is 0 Å². The predicted molar refractivity (Wildman–Crippen MR) is 105 cm³/mol. The summed E-state index contributed by atoms with van der Waals surface area (Å²) in [6.45, 7) is 6.60. The van der Waals surface area contributed by atoms with Crippen molar-refractivity contribution in [3.63, 3.8) is 0 Å². The molecule has 2 nitrogen and oxygen atoms in total. The lowest BCUT2D eigenvalue weighted by Gasteiger charge is -2.20. The van der Waals surface area contributed by atoms with Gasteiger partial charge in [0, 0.05) is 0 Å². The second-order valence-corrected chi connectivity index (χ2v) is 7.67. The maximum absolute atomic E-state index is 12.2. The summed E-state index contributed by atoms with van der Waals surface area (Å²) in [6.07, 6.45) is 0.619. The van der Waals surface area contributed by atoms with Gasteiger partial charge < -0.3 is 5.73 Å². The molecule has 3 aromatic carbocycles. The fourth-order valence-electron chi connectivity index (χ4n) is 3.29. The van der Waals surface area contributed by atoms with Crippen molar-refractivity contribution in [3.05, 3.63) is 83.4 Å². The highest BCUT2D eigenvalue weighted by molar-refractivity contribution is 5.92. The average Bonchev–Trinajstić information content (AvgIpc) is 2.59. The lowest BCUT2D eigenvalue weighted by molar-refractivity contribution is -0.119. The number of amides is 1. The number of rotatable bonds is 4. The van der Waals surface area contributed by atoms with Gasteiger partial charge in [-0.1, -0.05) is 87.5 Å². The standard InChI is InChI=1S/C23H25NO/c1-23(2,3)18-13-11-16(12-14-18)15-21(22(24)25)20-10-6-8-17-7-4-5-9-19(17)20/h4-14,21H,15H2,1-3H3,(H2,24,25). The predicted octanol–water partition coefficient (Wildman–Crippen LogP) is 4.95. The van der Waals surface area contributed by atoms with Gasteiger partial charge in [-0.25, -0.2) is 0 Å². The van der Waals surface area contributed by atoms with Gasteiger partial charge in [0.25, 0.3) is 0 Å². The van der Waals surface area contributed by atoms with Crippen LogP contribution in [0, 0.1) is 0 Å². The van der Waals surface area contributed by atoms with Crippen LogP contribution in [-0.4, -0.2) is 5.91 Å². The second-order valence-electron chi connectivity index (χ2n) is 7.67. The fourth-order valence-corrected chi connectivity index (χ4v) is 3.29. The van der Waals surface area contributed by atoms with Gasteiger partial charge in [0.2, 0.25) is 5.91 Å².